The monoisotopic (exact) mass is 360 g/mol. The summed E-state index contributed by atoms with van der Waals surface area (Å²) in [7, 11) is 0. The molecule has 0 spiro atoms. The smallest absolute Gasteiger partial charge is 0.343 e. The van der Waals surface area contributed by atoms with E-state index in [1.54, 1.807) is 4.90 Å². The van der Waals surface area contributed by atoms with Gasteiger partial charge in [-0.2, -0.15) is 13.2 Å². The Morgan fingerprint density at radius 1 is 1.04 bits per heavy atom. The minimum atomic E-state index is -4.45. The Labute approximate surface area is 141 Å². The fraction of sp³-hybridized carbons (Fsp3) is 0.800. The Balaban J connectivity index is 1.34. The van der Waals surface area contributed by atoms with Crippen LogP contribution in [0.5, 0.6) is 0 Å². The van der Waals surface area contributed by atoms with E-state index >= 15 is 0 Å². The first-order chi connectivity index (χ1) is 11.4. The van der Waals surface area contributed by atoms with Crippen LogP contribution in [0.25, 0.3) is 0 Å². The van der Waals surface area contributed by atoms with Crippen molar-refractivity contribution in [3.05, 3.63) is 5.01 Å². The van der Waals surface area contributed by atoms with Crippen molar-refractivity contribution in [3.8, 4) is 0 Å². The predicted octanol–water partition coefficient (Wildman–Crippen LogP) is 2.64. The highest BCUT2D eigenvalue weighted by Gasteiger charge is 2.55. The highest BCUT2D eigenvalue weighted by Crippen LogP contribution is 2.56. The first kappa shape index (κ1) is 16.1. The lowest BCUT2D eigenvalue weighted by Gasteiger charge is -2.34. The minimum Gasteiger partial charge on any atom is -0.343 e. The standard InChI is InChI=1S/C15H19F3N4OS/c16-15(17,18)13-19-20-14(24-13)22-7-5-21(6-8-22)12(23)11-9-3-1-2-4-10(9)11/h9-11H,1-8H2. The van der Waals surface area contributed by atoms with Crippen molar-refractivity contribution in [1.29, 1.82) is 0 Å². The topological polar surface area (TPSA) is 49.3 Å². The van der Waals surface area contributed by atoms with Crippen molar-refractivity contribution in [2.45, 2.75) is 31.9 Å². The number of carbonyl (C=O) groups is 1. The summed E-state index contributed by atoms with van der Waals surface area (Å²) in [5.74, 6) is 1.63. The molecule has 2 unspecified atom stereocenters. The molecule has 9 heteroatoms. The molecule has 0 N–H and O–H groups in total. The van der Waals surface area contributed by atoms with E-state index in [1.807, 2.05) is 4.90 Å². The van der Waals surface area contributed by atoms with Crippen LogP contribution >= 0.6 is 11.3 Å². The fourth-order valence-corrected chi connectivity index (χ4v) is 4.91. The molecule has 3 aliphatic rings. The summed E-state index contributed by atoms with van der Waals surface area (Å²) in [5, 5.41) is 6.25. The van der Waals surface area contributed by atoms with E-state index in [9.17, 15) is 18.0 Å². The lowest BCUT2D eigenvalue weighted by atomic mass is 10.0. The van der Waals surface area contributed by atoms with Gasteiger partial charge in [-0.05, 0) is 24.7 Å². The van der Waals surface area contributed by atoms with Gasteiger partial charge in [0.25, 0.3) is 0 Å². The Hall–Kier alpha value is -1.38. The third-order valence-corrected chi connectivity index (χ3v) is 6.49. The SMILES string of the molecule is O=C(C1C2CCCCC21)N1CCN(c2nnc(C(F)(F)F)s2)CC1. The van der Waals surface area contributed by atoms with Gasteiger partial charge in [0.05, 0.1) is 0 Å². The summed E-state index contributed by atoms with van der Waals surface area (Å²) in [6, 6.07) is 0. The average molecular weight is 360 g/mol. The van der Waals surface area contributed by atoms with Gasteiger partial charge >= 0.3 is 6.18 Å². The number of alkyl halides is 3. The number of amides is 1. The Kier molecular flexibility index (Phi) is 3.93. The van der Waals surface area contributed by atoms with Gasteiger partial charge in [-0.3, -0.25) is 4.79 Å². The van der Waals surface area contributed by atoms with Crippen LogP contribution in [0.1, 0.15) is 30.7 Å². The van der Waals surface area contributed by atoms with E-state index in [-0.39, 0.29) is 17.0 Å². The van der Waals surface area contributed by atoms with E-state index < -0.39 is 11.2 Å². The molecule has 5 nitrogen and oxygen atoms in total. The van der Waals surface area contributed by atoms with Gasteiger partial charge in [-0.15, -0.1) is 10.2 Å². The molecule has 132 valence electrons. The second-order valence-corrected chi connectivity index (χ2v) is 7.79. The van der Waals surface area contributed by atoms with Gasteiger partial charge in [-0.1, -0.05) is 24.2 Å². The second kappa shape index (κ2) is 5.86. The molecule has 1 amide bonds. The molecule has 1 aliphatic heterocycles. The van der Waals surface area contributed by atoms with Gasteiger partial charge in [0, 0.05) is 32.1 Å². The number of hydrogen-bond acceptors (Lipinski definition) is 5. The third kappa shape index (κ3) is 2.87. The van der Waals surface area contributed by atoms with Crippen LogP contribution in [0, 0.1) is 17.8 Å². The number of rotatable bonds is 2. The molecule has 2 saturated carbocycles. The molecule has 2 aliphatic carbocycles. The van der Waals surface area contributed by atoms with E-state index in [0.29, 0.717) is 49.4 Å². The lowest BCUT2D eigenvalue weighted by molar-refractivity contribution is -0.138. The van der Waals surface area contributed by atoms with E-state index in [4.69, 9.17) is 0 Å². The normalized spacial score (nSPS) is 30.2. The third-order valence-electron chi connectivity index (χ3n) is 5.46. The Bertz CT molecular complexity index is 614. The van der Waals surface area contributed by atoms with Crippen molar-refractivity contribution < 1.29 is 18.0 Å². The van der Waals surface area contributed by atoms with Crippen LogP contribution in [0.15, 0.2) is 0 Å². The maximum absolute atomic E-state index is 12.6. The number of halogens is 3. The summed E-state index contributed by atoms with van der Waals surface area (Å²) >= 11 is 0.566. The fourth-order valence-electron chi connectivity index (χ4n) is 4.15. The van der Waals surface area contributed by atoms with Crippen LogP contribution in [0.3, 0.4) is 0 Å². The maximum Gasteiger partial charge on any atom is 0.445 e. The Morgan fingerprint density at radius 3 is 2.21 bits per heavy atom. The molecule has 3 fully saturated rings. The molecule has 24 heavy (non-hydrogen) atoms. The van der Waals surface area contributed by atoms with Gasteiger partial charge < -0.3 is 9.80 Å². The van der Waals surface area contributed by atoms with E-state index in [0.717, 1.165) is 0 Å². The molecule has 2 heterocycles. The number of carbonyl (C=O) groups excluding carboxylic acids is 1. The summed E-state index contributed by atoms with van der Waals surface area (Å²) in [6.45, 7) is 2.13. The first-order valence-electron chi connectivity index (χ1n) is 8.39. The molecule has 0 bridgehead atoms. The van der Waals surface area contributed by atoms with Crippen LogP contribution in [0.4, 0.5) is 18.3 Å². The van der Waals surface area contributed by atoms with Crippen LogP contribution in [-0.4, -0.2) is 47.2 Å². The number of piperazine rings is 1. The highest BCUT2D eigenvalue weighted by molar-refractivity contribution is 7.15. The second-order valence-electron chi connectivity index (χ2n) is 6.84. The summed E-state index contributed by atoms with van der Waals surface area (Å²) in [4.78, 5) is 16.3. The molecule has 1 saturated heterocycles. The average Bonchev–Trinajstić information content (AvgIpc) is 3.06. The zero-order chi connectivity index (χ0) is 16.9. The number of hydrogen-bond donors (Lipinski definition) is 0. The van der Waals surface area contributed by atoms with Gasteiger partial charge in [0.2, 0.25) is 16.0 Å². The summed E-state index contributed by atoms with van der Waals surface area (Å²) in [5.41, 5.74) is 0. The van der Waals surface area contributed by atoms with Crippen LogP contribution < -0.4 is 4.90 Å². The predicted molar refractivity (Wildman–Crippen MR) is 82.6 cm³/mol. The van der Waals surface area contributed by atoms with Crippen LogP contribution in [-0.2, 0) is 11.0 Å². The summed E-state index contributed by atoms with van der Waals surface area (Å²) in [6.07, 6.45) is 0.364. The Morgan fingerprint density at radius 2 is 1.67 bits per heavy atom. The van der Waals surface area contributed by atoms with Crippen molar-refractivity contribution in [1.82, 2.24) is 15.1 Å². The number of fused-ring (bicyclic) bond motifs is 1. The molecule has 0 radical (unpaired) electrons. The molecule has 2 atom stereocenters. The number of nitrogens with zero attached hydrogens (tertiary/aromatic N) is 4. The lowest BCUT2D eigenvalue weighted by Crippen LogP contribution is -2.49. The number of aromatic nitrogens is 2. The first-order valence-corrected chi connectivity index (χ1v) is 9.21. The van der Waals surface area contributed by atoms with Gasteiger partial charge in [0.1, 0.15) is 0 Å². The van der Waals surface area contributed by atoms with Crippen molar-refractivity contribution in [3.63, 3.8) is 0 Å². The molecular formula is C15H19F3N4OS. The summed E-state index contributed by atoms with van der Waals surface area (Å²) < 4.78 is 37.8. The minimum absolute atomic E-state index is 0.206. The molecule has 0 aromatic carbocycles. The molecule has 1 aromatic rings. The van der Waals surface area contributed by atoms with Gasteiger partial charge in [0.15, 0.2) is 0 Å². The zero-order valence-corrected chi connectivity index (χ0v) is 13.9. The largest absolute Gasteiger partial charge is 0.445 e. The molecular weight excluding hydrogens is 341 g/mol. The van der Waals surface area contributed by atoms with Crippen molar-refractivity contribution in [2.75, 3.05) is 31.1 Å². The quantitative estimate of drug-likeness (QED) is 0.814. The van der Waals surface area contributed by atoms with E-state index in [2.05, 4.69) is 10.2 Å². The molecule has 4 rings (SSSR count). The molecule has 1 aromatic heterocycles. The zero-order valence-electron chi connectivity index (χ0n) is 13.1. The maximum atomic E-state index is 12.6. The van der Waals surface area contributed by atoms with Crippen molar-refractivity contribution in [2.24, 2.45) is 17.8 Å². The van der Waals surface area contributed by atoms with Crippen molar-refractivity contribution >= 4 is 22.4 Å². The van der Waals surface area contributed by atoms with E-state index in [1.165, 1.54) is 25.7 Å². The highest BCUT2D eigenvalue weighted by atomic mass is 32.1. The van der Waals surface area contributed by atoms with Gasteiger partial charge in [-0.25, -0.2) is 0 Å². The van der Waals surface area contributed by atoms with Crippen LogP contribution in [0.2, 0.25) is 0 Å². The number of anilines is 1.